The summed E-state index contributed by atoms with van der Waals surface area (Å²) in [6.45, 7) is 5.23. The number of rotatable bonds is 4. The first-order chi connectivity index (χ1) is 9.58. The monoisotopic (exact) mass is 350 g/mol. The highest BCUT2D eigenvalue weighted by Crippen LogP contribution is 2.17. The molecule has 0 radical (unpaired) electrons. The van der Waals surface area contributed by atoms with E-state index in [1.54, 1.807) is 12.1 Å². The molecule has 2 rings (SSSR count). The molecule has 1 fully saturated rings. The molecule has 7 nitrogen and oxygen atoms in total. The molecule has 0 aromatic heterocycles. The summed E-state index contributed by atoms with van der Waals surface area (Å²) in [5.41, 5.74) is 0.420. The number of carbonyl (C=O) groups excluding carboxylic acids is 1. The van der Waals surface area contributed by atoms with Crippen molar-refractivity contribution >= 4 is 42.1 Å². The Bertz CT molecular complexity index is 510. The number of anilines is 1. The van der Waals surface area contributed by atoms with Crippen molar-refractivity contribution < 1.29 is 9.72 Å². The number of piperazine rings is 1. The van der Waals surface area contributed by atoms with Gasteiger partial charge < -0.3 is 10.6 Å². The van der Waals surface area contributed by atoms with Crippen LogP contribution in [0.25, 0.3) is 0 Å². The van der Waals surface area contributed by atoms with Gasteiger partial charge in [-0.15, -0.1) is 24.8 Å². The maximum absolute atomic E-state index is 12.1. The van der Waals surface area contributed by atoms with Crippen LogP contribution in [-0.4, -0.2) is 48.0 Å². The summed E-state index contributed by atoms with van der Waals surface area (Å²) in [5, 5.41) is 16.7. The maximum Gasteiger partial charge on any atom is 0.271 e. The fourth-order valence-electron chi connectivity index (χ4n) is 2.18. The zero-order valence-corrected chi connectivity index (χ0v) is 13.8. The van der Waals surface area contributed by atoms with Crippen molar-refractivity contribution in [3.63, 3.8) is 0 Å². The van der Waals surface area contributed by atoms with E-state index < -0.39 is 4.92 Å². The van der Waals surface area contributed by atoms with Gasteiger partial charge in [-0.1, -0.05) is 6.07 Å². The highest BCUT2D eigenvalue weighted by molar-refractivity contribution is 5.94. The number of amides is 1. The van der Waals surface area contributed by atoms with Gasteiger partial charge in [-0.05, 0) is 13.0 Å². The van der Waals surface area contributed by atoms with Crippen LogP contribution in [-0.2, 0) is 4.79 Å². The molecule has 1 aliphatic heterocycles. The Morgan fingerprint density at radius 3 is 2.59 bits per heavy atom. The molecule has 1 atom stereocenters. The van der Waals surface area contributed by atoms with E-state index in [0.29, 0.717) is 5.69 Å². The van der Waals surface area contributed by atoms with Crippen LogP contribution in [0, 0.1) is 10.1 Å². The molecule has 1 unspecified atom stereocenters. The molecule has 22 heavy (non-hydrogen) atoms. The van der Waals surface area contributed by atoms with E-state index in [0.717, 1.165) is 26.2 Å². The topological polar surface area (TPSA) is 87.5 Å². The lowest BCUT2D eigenvalue weighted by Crippen LogP contribution is -2.51. The fourth-order valence-corrected chi connectivity index (χ4v) is 2.18. The van der Waals surface area contributed by atoms with E-state index >= 15 is 0 Å². The number of benzene rings is 1. The average molecular weight is 351 g/mol. The Kier molecular flexibility index (Phi) is 8.96. The molecular weight excluding hydrogens is 331 g/mol. The summed E-state index contributed by atoms with van der Waals surface area (Å²) >= 11 is 0. The molecule has 1 aliphatic rings. The summed E-state index contributed by atoms with van der Waals surface area (Å²) in [7, 11) is 0. The van der Waals surface area contributed by atoms with Gasteiger partial charge >= 0.3 is 0 Å². The Labute approximate surface area is 141 Å². The second-order valence-electron chi connectivity index (χ2n) is 4.76. The maximum atomic E-state index is 12.1. The first-order valence-electron chi connectivity index (χ1n) is 6.58. The number of carbonyl (C=O) groups is 1. The molecule has 1 aromatic carbocycles. The number of non-ortho nitro benzene ring substituents is 1. The van der Waals surface area contributed by atoms with Crippen molar-refractivity contribution in [1.29, 1.82) is 0 Å². The standard InChI is InChI=1S/C13H18N4O3.2ClH/c1-10(16-7-5-14-6-8-16)13(18)15-11-3-2-4-12(9-11)17(19)20;;/h2-4,9-10,14H,5-8H2,1H3,(H,15,18);2*1H. The second kappa shape index (κ2) is 9.58. The Morgan fingerprint density at radius 2 is 2.00 bits per heavy atom. The van der Waals surface area contributed by atoms with E-state index in [1.165, 1.54) is 12.1 Å². The minimum Gasteiger partial charge on any atom is -0.324 e. The van der Waals surface area contributed by atoms with Crippen LogP contribution in [0.3, 0.4) is 0 Å². The van der Waals surface area contributed by atoms with Crippen LogP contribution < -0.4 is 10.6 Å². The number of nitro groups is 1. The summed E-state index contributed by atoms with van der Waals surface area (Å²) in [6, 6.07) is 5.72. The fraction of sp³-hybridized carbons (Fsp3) is 0.462. The largest absolute Gasteiger partial charge is 0.324 e. The van der Waals surface area contributed by atoms with Crippen LogP contribution in [0.5, 0.6) is 0 Å². The van der Waals surface area contributed by atoms with Gasteiger partial charge in [0.25, 0.3) is 5.69 Å². The summed E-state index contributed by atoms with van der Waals surface area (Å²) < 4.78 is 0. The molecule has 124 valence electrons. The molecular formula is C13H20Cl2N4O3. The Morgan fingerprint density at radius 1 is 1.36 bits per heavy atom. The molecule has 0 spiro atoms. The number of nitro benzene ring substituents is 1. The number of nitrogens with zero attached hydrogens (tertiary/aromatic N) is 2. The minimum atomic E-state index is -0.477. The normalized spacial score (nSPS) is 15.9. The van der Waals surface area contributed by atoms with Gasteiger partial charge in [0.2, 0.25) is 5.91 Å². The van der Waals surface area contributed by atoms with Gasteiger partial charge in [0.1, 0.15) is 0 Å². The third-order valence-corrected chi connectivity index (χ3v) is 3.40. The number of halogens is 2. The molecule has 1 heterocycles. The van der Waals surface area contributed by atoms with E-state index in [2.05, 4.69) is 15.5 Å². The first kappa shape index (κ1) is 20.6. The third kappa shape index (κ3) is 5.42. The summed E-state index contributed by atoms with van der Waals surface area (Å²) in [6.07, 6.45) is 0. The van der Waals surface area contributed by atoms with Gasteiger partial charge in [-0.2, -0.15) is 0 Å². The molecule has 2 N–H and O–H groups in total. The van der Waals surface area contributed by atoms with Crippen molar-refractivity contribution in [2.45, 2.75) is 13.0 Å². The number of nitrogens with one attached hydrogen (secondary N) is 2. The highest BCUT2D eigenvalue weighted by Gasteiger charge is 2.22. The quantitative estimate of drug-likeness (QED) is 0.637. The summed E-state index contributed by atoms with van der Waals surface area (Å²) in [5.74, 6) is -0.146. The Balaban J connectivity index is 0.00000220. The molecule has 1 saturated heterocycles. The van der Waals surface area contributed by atoms with Crippen LogP contribution in [0.15, 0.2) is 24.3 Å². The number of hydrogen-bond acceptors (Lipinski definition) is 5. The predicted octanol–water partition coefficient (Wildman–Crippen LogP) is 1.67. The smallest absolute Gasteiger partial charge is 0.271 e. The third-order valence-electron chi connectivity index (χ3n) is 3.40. The van der Waals surface area contributed by atoms with Crippen molar-refractivity contribution in [1.82, 2.24) is 10.2 Å². The van der Waals surface area contributed by atoms with Crippen LogP contribution in [0.4, 0.5) is 11.4 Å². The molecule has 1 amide bonds. The lowest BCUT2D eigenvalue weighted by molar-refractivity contribution is -0.384. The van der Waals surface area contributed by atoms with Gasteiger partial charge in [0.15, 0.2) is 0 Å². The zero-order chi connectivity index (χ0) is 14.5. The van der Waals surface area contributed by atoms with Crippen molar-refractivity contribution in [3.8, 4) is 0 Å². The molecule has 9 heteroatoms. The summed E-state index contributed by atoms with van der Waals surface area (Å²) in [4.78, 5) is 24.5. The first-order valence-corrected chi connectivity index (χ1v) is 6.58. The van der Waals surface area contributed by atoms with Crippen molar-refractivity contribution in [2.24, 2.45) is 0 Å². The van der Waals surface area contributed by atoms with Crippen molar-refractivity contribution in [2.75, 3.05) is 31.5 Å². The molecule has 0 aliphatic carbocycles. The molecule has 0 bridgehead atoms. The van der Waals surface area contributed by atoms with E-state index in [1.807, 2.05) is 6.92 Å². The van der Waals surface area contributed by atoms with Gasteiger partial charge in [0, 0.05) is 44.0 Å². The SMILES string of the molecule is CC(C(=O)Nc1cccc([N+](=O)[O-])c1)N1CCNCC1.Cl.Cl. The second-order valence-corrected chi connectivity index (χ2v) is 4.76. The van der Waals surface area contributed by atoms with Crippen LogP contribution >= 0.6 is 24.8 Å². The van der Waals surface area contributed by atoms with E-state index in [9.17, 15) is 14.9 Å². The average Bonchev–Trinajstić information content (AvgIpc) is 2.47. The predicted molar refractivity (Wildman–Crippen MR) is 90.1 cm³/mol. The van der Waals surface area contributed by atoms with Gasteiger partial charge in [0.05, 0.1) is 11.0 Å². The zero-order valence-electron chi connectivity index (χ0n) is 12.2. The van der Waals surface area contributed by atoms with Crippen LogP contribution in [0.1, 0.15) is 6.92 Å². The molecule has 0 saturated carbocycles. The van der Waals surface area contributed by atoms with E-state index in [4.69, 9.17) is 0 Å². The van der Waals surface area contributed by atoms with Gasteiger partial charge in [-0.25, -0.2) is 0 Å². The Hall–Kier alpha value is -1.41. The van der Waals surface area contributed by atoms with E-state index in [-0.39, 0.29) is 42.5 Å². The van der Waals surface area contributed by atoms with Crippen LogP contribution in [0.2, 0.25) is 0 Å². The molecule has 1 aromatic rings. The highest BCUT2D eigenvalue weighted by atomic mass is 35.5. The minimum absolute atomic E-state index is 0. The number of hydrogen-bond donors (Lipinski definition) is 2. The van der Waals surface area contributed by atoms with Crippen molar-refractivity contribution in [3.05, 3.63) is 34.4 Å². The lowest BCUT2D eigenvalue weighted by Gasteiger charge is -2.31. The van der Waals surface area contributed by atoms with Gasteiger partial charge in [-0.3, -0.25) is 19.8 Å². The lowest BCUT2D eigenvalue weighted by atomic mass is 10.2.